The quantitative estimate of drug-likeness (QED) is 0.632. The molecule has 0 saturated heterocycles. The lowest BCUT2D eigenvalue weighted by Gasteiger charge is -2.07. The molecule has 0 radical (unpaired) electrons. The van der Waals surface area contributed by atoms with Gasteiger partial charge in [-0.25, -0.2) is 14.4 Å². The second-order valence-electron chi connectivity index (χ2n) is 5.22. The third-order valence-electron chi connectivity index (χ3n) is 3.38. The van der Waals surface area contributed by atoms with Gasteiger partial charge in [0.05, 0.1) is 36.1 Å². The van der Waals surface area contributed by atoms with E-state index in [9.17, 15) is 9.18 Å². The minimum atomic E-state index is -0.650. The fraction of sp³-hybridized carbons (Fsp3) is 0.111. The van der Waals surface area contributed by atoms with Crippen LogP contribution in [0.15, 0.2) is 48.9 Å². The zero-order valence-corrected chi connectivity index (χ0v) is 14.4. The van der Waals surface area contributed by atoms with Gasteiger partial charge >= 0.3 is 5.97 Å². The van der Waals surface area contributed by atoms with Crippen LogP contribution < -0.4 is 4.74 Å². The predicted molar refractivity (Wildman–Crippen MR) is 92.5 cm³/mol. The summed E-state index contributed by atoms with van der Waals surface area (Å²) >= 11 is 5.66. The Kier molecular flexibility index (Phi) is 5.38. The average Bonchev–Trinajstić information content (AvgIpc) is 2.65. The van der Waals surface area contributed by atoms with Gasteiger partial charge in [-0.1, -0.05) is 11.6 Å². The Morgan fingerprint density at radius 3 is 2.65 bits per heavy atom. The van der Waals surface area contributed by atoms with Crippen molar-refractivity contribution in [3.05, 3.63) is 65.5 Å². The molecule has 8 heteroatoms. The Hall–Kier alpha value is -3.06. The van der Waals surface area contributed by atoms with Gasteiger partial charge in [-0.2, -0.15) is 0 Å². The van der Waals surface area contributed by atoms with E-state index in [4.69, 9.17) is 16.3 Å². The Morgan fingerprint density at radius 1 is 1.19 bits per heavy atom. The molecule has 0 aliphatic carbocycles. The van der Waals surface area contributed by atoms with Crippen molar-refractivity contribution in [3.8, 4) is 22.9 Å². The van der Waals surface area contributed by atoms with Crippen molar-refractivity contribution in [3.63, 3.8) is 0 Å². The SMILES string of the molecule is COC(=O)Cc1cncc(-c2ccc(Oc3ncc(Cl)cc3F)cc2)n1. The normalized spacial score (nSPS) is 10.4. The maximum atomic E-state index is 13.7. The van der Waals surface area contributed by atoms with Gasteiger partial charge < -0.3 is 9.47 Å². The second-order valence-corrected chi connectivity index (χ2v) is 5.65. The zero-order valence-electron chi connectivity index (χ0n) is 13.6. The molecule has 26 heavy (non-hydrogen) atoms. The number of nitrogens with zero attached hydrogens (tertiary/aromatic N) is 3. The van der Waals surface area contributed by atoms with Crippen LogP contribution in [0.25, 0.3) is 11.3 Å². The molecule has 132 valence electrons. The second kappa shape index (κ2) is 7.88. The summed E-state index contributed by atoms with van der Waals surface area (Å²) in [7, 11) is 1.32. The number of hydrogen-bond donors (Lipinski definition) is 0. The first-order valence-electron chi connectivity index (χ1n) is 7.52. The number of ether oxygens (including phenoxy) is 2. The summed E-state index contributed by atoms with van der Waals surface area (Å²) in [6.07, 6.45) is 4.43. The first kappa shape index (κ1) is 17.8. The molecule has 0 spiro atoms. The van der Waals surface area contributed by atoms with Crippen LogP contribution in [0.3, 0.4) is 0 Å². The fourth-order valence-electron chi connectivity index (χ4n) is 2.13. The van der Waals surface area contributed by atoms with Crippen molar-refractivity contribution in [2.75, 3.05) is 7.11 Å². The number of rotatable bonds is 5. The first-order chi connectivity index (χ1) is 12.5. The predicted octanol–water partition coefficient (Wildman–Crippen LogP) is 3.84. The number of hydrogen-bond acceptors (Lipinski definition) is 6. The lowest BCUT2D eigenvalue weighted by molar-refractivity contribution is -0.139. The number of carbonyl (C=O) groups excluding carboxylic acids is 1. The van der Waals surface area contributed by atoms with E-state index in [-0.39, 0.29) is 17.3 Å². The van der Waals surface area contributed by atoms with E-state index < -0.39 is 11.8 Å². The molecule has 0 fully saturated rings. The summed E-state index contributed by atoms with van der Waals surface area (Å²) in [6.45, 7) is 0. The minimum Gasteiger partial charge on any atom is -0.469 e. The number of methoxy groups -OCH3 is 1. The minimum absolute atomic E-state index is 0.0417. The van der Waals surface area contributed by atoms with Gasteiger partial charge in [-0.3, -0.25) is 9.78 Å². The third-order valence-corrected chi connectivity index (χ3v) is 3.58. The van der Waals surface area contributed by atoms with E-state index in [1.54, 1.807) is 30.5 Å². The molecule has 3 rings (SSSR count). The van der Waals surface area contributed by atoms with E-state index in [1.807, 2.05) is 0 Å². The average molecular weight is 374 g/mol. The van der Waals surface area contributed by atoms with Crippen LogP contribution in [0, 0.1) is 5.82 Å². The summed E-state index contributed by atoms with van der Waals surface area (Å²) < 4.78 is 23.8. The number of carbonyl (C=O) groups is 1. The fourth-order valence-corrected chi connectivity index (χ4v) is 2.28. The number of aromatic nitrogens is 3. The van der Waals surface area contributed by atoms with E-state index in [0.717, 1.165) is 11.6 Å². The Bertz CT molecular complexity index is 935. The van der Waals surface area contributed by atoms with Gasteiger partial charge in [0.25, 0.3) is 5.88 Å². The molecular weight excluding hydrogens is 361 g/mol. The van der Waals surface area contributed by atoms with Crippen LogP contribution in [-0.2, 0) is 16.0 Å². The molecule has 6 nitrogen and oxygen atoms in total. The van der Waals surface area contributed by atoms with E-state index in [0.29, 0.717) is 17.1 Å². The summed E-state index contributed by atoms with van der Waals surface area (Å²) in [5.41, 5.74) is 1.86. The topological polar surface area (TPSA) is 74.2 Å². The van der Waals surface area contributed by atoms with Gasteiger partial charge in [0, 0.05) is 18.0 Å². The molecule has 0 aliphatic rings. The molecule has 1 aromatic carbocycles. The highest BCUT2D eigenvalue weighted by molar-refractivity contribution is 6.30. The van der Waals surface area contributed by atoms with Crippen molar-refractivity contribution in [1.29, 1.82) is 0 Å². The maximum absolute atomic E-state index is 13.7. The molecule has 3 aromatic rings. The maximum Gasteiger partial charge on any atom is 0.311 e. The highest BCUT2D eigenvalue weighted by Crippen LogP contribution is 2.26. The molecule has 0 unspecified atom stereocenters. The number of pyridine rings is 1. The molecule has 2 aromatic heterocycles. The van der Waals surface area contributed by atoms with Crippen molar-refractivity contribution in [1.82, 2.24) is 15.0 Å². The number of halogens is 2. The Balaban J connectivity index is 1.77. The van der Waals surface area contributed by atoms with Gasteiger partial charge in [0.1, 0.15) is 5.75 Å². The molecule has 0 aliphatic heterocycles. The van der Waals surface area contributed by atoms with Gasteiger partial charge in [-0.15, -0.1) is 0 Å². The number of esters is 1. The van der Waals surface area contributed by atoms with Crippen molar-refractivity contribution in [2.45, 2.75) is 6.42 Å². The van der Waals surface area contributed by atoms with Crippen LogP contribution in [0.5, 0.6) is 11.6 Å². The highest BCUT2D eigenvalue weighted by Gasteiger charge is 2.09. The van der Waals surface area contributed by atoms with Crippen LogP contribution >= 0.6 is 11.6 Å². The van der Waals surface area contributed by atoms with Crippen LogP contribution in [0.4, 0.5) is 4.39 Å². The molecular formula is C18H13ClFN3O3. The molecule has 2 heterocycles. The number of benzene rings is 1. The van der Waals surface area contributed by atoms with Gasteiger partial charge in [0.15, 0.2) is 5.82 Å². The van der Waals surface area contributed by atoms with Crippen molar-refractivity contribution < 1.29 is 18.7 Å². The lowest BCUT2D eigenvalue weighted by atomic mass is 10.1. The highest BCUT2D eigenvalue weighted by atomic mass is 35.5. The largest absolute Gasteiger partial charge is 0.469 e. The van der Waals surface area contributed by atoms with Gasteiger partial charge in [0.2, 0.25) is 0 Å². The van der Waals surface area contributed by atoms with Gasteiger partial charge in [-0.05, 0) is 30.3 Å². The van der Waals surface area contributed by atoms with Crippen molar-refractivity contribution in [2.24, 2.45) is 0 Å². The van der Waals surface area contributed by atoms with Crippen LogP contribution in [0.1, 0.15) is 5.69 Å². The standard InChI is InChI=1S/C18H13ClFN3O3/c1-25-17(24)7-13-9-21-10-16(23-13)11-2-4-14(5-3-11)26-18-15(20)6-12(19)8-22-18/h2-6,8-10H,7H2,1H3. The van der Waals surface area contributed by atoms with E-state index in [1.165, 1.54) is 19.5 Å². The van der Waals surface area contributed by atoms with Crippen LogP contribution in [-0.4, -0.2) is 28.0 Å². The first-order valence-corrected chi connectivity index (χ1v) is 7.90. The monoisotopic (exact) mass is 373 g/mol. The molecule has 0 saturated carbocycles. The zero-order chi connectivity index (χ0) is 18.5. The van der Waals surface area contributed by atoms with Crippen LogP contribution in [0.2, 0.25) is 5.02 Å². The third kappa shape index (κ3) is 4.31. The summed E-state index contributed by atoms with van der Waals surface area (Å²) in [4.78, 5) is 23.6. The summed E-state index contributed by atoms with van der Waals surface area (Å²) in [6, 6.07) is 7.92. The smallest absolute Gasteiger partial charge is 0.311 e. The molecule has 0 atom stereocenters. The Morgan fingerprint density at radius 2 is 1.96 bits per heavy atom. The Labute approximate surface area is 153 Å². The molecule has 0 N–H and O–H groups in total. The molecule has 0 amide bonds. The summed E-state index contributed by atoms with van der Waals surface area (Å²) in [5.74, 6) is -0.802. The summed E-state index contributed by atoms with van der Waals surface area (Å²) in [5, 5.41) is 0.190. The van der Waals surface area contributed by atoms with E-state index >= 15 is 0 Å². The van der Waals surface area contributed by atoms with E-state index in [2.05, 4.69) is 19.7 Å². The lowest BCUT2D eigenvalue weighted by Crippen LogP contribution is -2.06. The van der Waals surface area contributed by atoms with Crippen molar-refractivity contribution >= 4 is 17.6 Å². The molecule has 0 bridgehead atoms.